The SMILES string of the molecule is Brc1ccncc1.Cc1cc(C(=O)O)n(-c2cccc(C#N)c2)n1.NCC1CC1.Nc1cccc(C(O)c2ccncc2)c1.O=Cc1cccc([N+](=O)[O-])c1.O=[N+]([O-])c1cccc(C(O)c2ccncc2)c1.[C-]#[N+]c1cccc(-n2nc(C)cc2C(=O)Nc2cccc(C(O)c3ccncc3)c2)c1.[CH2-]CCC.[Li+]. The van der Waals surface area contributed by atoms with E-state index in [-0.39, 0.29) is 41.8 Å². The number of hydrogen-bond donors (Lipinski definition) is 7. The van der Waals surface area contributed by atoms with Crippen LogP contribution in [0.25, 0.3) is 16.2 Å². The predicted molar refractivity (Wildman–Crippen MR) is 410 cm³/mol. The third-order valence-electron chi connectivity index (χ3n) is 14.9. The Morgan fingerprint density at radius 2 is 1.07 bits per heavy atom. The van der Waals surface area contributed by atoms with Crippen molar-refractivity contribution in [1.29, 1.82) is 5.26 Å². The van der Waals surface area contributed by atoms with Gasteiger partial charge in [-0.1, -0.05) is 96.0 Å². The number of amides is 1. The molecule has 13 rings (SSSR count). The number of halogens is 1. The van der Waals surface area contributed by atoms with Crippen LogP contribution in [0.15, 0.2) is 260 Å². The number of aryl methyl sites for hydroxylation is 2. The Hall–Kier alpha value is -12.6. The molecule has 3 atom stereocenters. The summed E-state index contributed by atoms with van der Waals surface area (Å²) in [7, 11) is 0. The molecule has 0 radical (unpaired) electrons. The zero-order valence-corrected chi connectivity index (χ0v) is 61.0. The van der Waals surface area contributed by atoms with Crippen molar-refractivity contribution in [3.63, 3.8) is 0 Å². The van der Waals surface area contributed by atoms with E-state index >= 15 is 0 Å². The van der Waals surface area contributed by atoms with Crippen molar-refractivity contribution in [2.45, 2.75) is 64.8 Å². The number of nitriles is 1. The molecule has 6 aromatic carbocycles. The minimum absolute atomic E-state index is 0. The third-order valence-corrected chi connectivity index (χ3v) is 15.5. The second kappa shape index (κ2) is 45.6. The first-order valence-electron chi connectivity index (χ1n) is 32.9. The van der Waals surface area contributed by atoms with Gasteiger partial charge >= 0.3 is 24.8 Å². The summed E-state index contributed by atoms with van der Waals surface area (Å²) >= 11 is 3.27. The number of benzene rings is 6. The molecule has 0 spiro atoms. The summed E-state index contributed by atoms with van der Waals surface area (Å²) in [4.78, 5) is 73.0. The number of anilines is 2. The maximum Gasteiger partial charge on any atom is 1.00 e. The molecule has 9 N–H and O–H groups in total. The monoisotopic (exact) mass is 1510 g/mol. The van der Waals surface area contributed by atoms with E-state index in [0.29, 0.717) is 85.2 Å². The van der Waals surface area contributed by atoms with Gasteiger partial charge in [0.25, 0.3) is 17.3 Å². The number of nitrogens with one attached hydrogen (secondary N) is 1. The van der Waals surface area contributed by atoms with Crippen LogP contribution in [0, 0.1) is 64.8 Å². The number of pyridine rings is 4. The van der Waals surface area contributed by atoms with Crippen molar-refractivity contribution in [2.75, 3.05) is 17.6 Å². The predicted octanol–water partition coefficient (Wildman–Crippen LogP) is 12.3. The van der Waals surface area contributed by atoms with Crippen LogP contribution in [0.4, 0.5) is 28.4 Å². The number of carboxylic acid groups (broad SMARTS) is 1. The first-order chi connectivity index (χ1) is 51.6. The number of unbranched alkanes of at least 4 members (excludes halogenated alkanes) is 1. The van der Waals surface area contributed by atoms with Gasteiger partial charge < -0.3 is 44.1 Å². The largest absolute Gasteiger partial charge is 1.00 e. The van der Waals surface area contributed by atoms with Crippen LogP contribution in [0.3, 0.4) is 0 Å². The fourth-order valence-electron chi connectivity index (χ4n) is 9.24. The van der Waals surface area contributed by atoms with E-state index in [2.05, 4.69) is 70.1 Å². The Bertz CT molecular complexity index is 4910. The minimum Gasteiger partial charge on any atom is -0.477 e. The zero-order valence-electron chi connectivity index (χ0n) is 59.4. The standard InChI is InChI=1S/C24H19N5O2.C12H9N3O2.C12H10N2O3.C12H12N2O.C7H5NO3.C5H4BrN.C4H9N.C4H9.Li/c1-16-13-22(29(28-16)21-8-4-6-19(15-21)25-2)24(31)27-20-7-3-5-18(14-20)23(30)17-9-11-26-12-10-17;1-8-5-11(12(16)17)15(14-8)10-4-2-3-9(6-10)7-13;15-12(9-4-6-13-7-5-9)10-2-1-3-11(8-10)14(16)17;13-11-3-1-2-10(8-11)12(15)9-4-6-14-7-5-9;9-5-6-2-1-3-7(4-6)8(10)11;6-5-1-3-7-4-2-5;5-3-4-1-2-4;1-3-4-2;/h3-15,23,30H,1H3,(H,27,31);2-6H,1H3,(H,16,17);1-8,12,15H;1-8,12,15H,13H2;1-5H;1-4H;4H,1-3,5H2;1,3-4H2,2H3;/q;;;;;;;-1;+1. The number of nitrogens with two attached hydrogens (primary N) is 2. The number of aliphatic hydroxyl groups excluding tert-OH is 3. The van der Waals surface area contributed by atoms with E-state index < -0.39 is 34.1 Å². The number of hydrogen-bond acceptors (Lipinski definition) is 19. The molecular formula is C80H77BrLiN15O11. The van der Waals surface area contributed by atoms with Gasteiger partial charge in [-0.25, -0.2) is 19.0 Å². The quantitative estimate of drug-likeness (QED) is 0.0118. The summed E-state index contributed by atoms with van der Waals surface area (Å²) in [6.07, 6.45) is 16.4. The second-order valence-electron chi connectivity index (χ2n) is 23.1. The first kappa shape index (κ1) is 86.1. The van der Waals surface area contributed by atoms with Gasteiger partial charge in [0.1, 0.15) is 30.3 Å². The minimum atomic E-state index is -1.05. The number of carbonyl (C=O) groups is 3. The molecule has 0 aliphatic heterocycles. The number of non-ortho nitro benzene ring substituents is 2. The molecule has 1 amide bonds. The van der Waals surface area contributed by atoms with Gasteiger partial charge in [0.05, 0.1) is 50.8 Å². The van der Waals surface area contributed by atoms with Gasteiger partial charge in [-0.3, -0.25) is 49.8 Å². The molecule has 0 saturated heterocycles. The number of nitrogen functional groups attached to an aromatic ring is 1. The molecular weight excluding hydrogens is 1430 g/mol. The summed E-state index contributed by atoms with van der Waals surface area (Å²) in [5.41, 5.74) is 20.3. The Labute approximate surface area is 644 Å². The van der Waals surface area contributed by atoms with E-state index in [9.17, 15) is 49.9 Å². The van der Waals surface area contributed by atoms with Crippen molar-refractivity contribution in [1.82, 2.24) is 39.5 Å². The Morgan fingerprint density at radius 3 is 1.51 bits per heavy atom. The number of nitrogens with zero attached hydrogens (tertiary/aromatic N) is 12. The Morgan fingerprint density at radius 1 is 0.639 bits per heavy atom. The van der Waals surface area contributed by atoms with E-state index in [1.54, 1.807) is 203 Å². The van der Waals surface area contributed by atoms with Crippen LogP contribution in [0.5, 0.6) is 0 Å². The topological polar surface area (TPSA) is 398 Å². The van der Waals surface area contributed by atoms with Crippen molar-refractivity contribution >= 4 is 62.5 Å². The third kappa shape index (κ3) is 28.5. The number of aliphatic hydroxyl groups is 3. The smallest absolute Gasteiger partial charge is 0.477 e. The van der Waals surface area contributed by atoms with Crippen LogP contribution < -0.4 is 35.6 Å². The number of aromatic nitrogens is 8. The van der Waals surface area contributed by atoms with E-state index in [0.717, 1.165) is 34.5 Å². The average molecular weight is 1510 g/mol. The average Bonchev–Trinajstić information content (AvgIpc) is 1.66. The Balaban J connectivity index is 0.000000237. The normalized spacial score (nSPS) is 11.3. The molecule has 6 heterocycles. The molecule has 28 heteroatoms. The molecule has 1 aliphatic carbocycles. The Kier molecular flexibility index (Phi) is 36.4. The molecule has 546 valence electrons. The van der Waals surface area contributed by atoms with Crippen LogP contribution in [0.1, 0.15) is 133 Å². The molecule has 1 saturated carbocycles. The fraction of sp³-hybridized carbons (Fsp3) is 0.150. The fourth-order valence-corrected chi connectivity index (χ4v) is 9.48. The maximum absolute atomic E-state index is 13.0. The van der Waals surface area contributed by atoms with Crippen LogP contribution in [0.2, 0.25) is 0 Å². The van der Waals surface area contributed by atoms with Crippen molar-refractivity contribution in [3.8, 4) is 17.4 Å². The van der Waals surface area contributed by atoms with Crippen LogP contribution in [-0.4, -0.2) is 94.5 Å². The van der Waals surface area contributed by atoms with E-state index in [1.165, 1.54) is 71.1 Å². The molecule has 1 aliphatic rings. The summed E-state index contributed by atoms with van der Waals surface area (Å²) in [5, 5.41) is 80.7. The van der Waals surface area contributed by atoms with Gasteiger partial charge in [-0.15, -0.1) is 0 Å². The van der Waals surface area contributed by atoms with Crippen LogP contribution >= 0.6 is 15.9 Å². The zero-order chi connectivity index (χ0) is 77.6. The molecule has 26 nitrogen and oxygen atoms in total. The summed E-state index contributed by atoms with van der Waals surface area (Å²) in [6.45, 7) is 17.4. The van der Waals surface area contributed by atoms with Gasteiger partial charge in [-0.05, 0) is 188 Å². The van der Waals surface area contributed by atoms with Gasteiger partial charge in [-0.2, -0.15) is 21.9 Å². The van der Waals surface area contributed by atoms with E-state index in [1.807, 2.05) is 30.3 Å². The van der Waals surface area contributed by atoms with Crippen LogP contribution in [-0.2, 0) is 0 Å². The number of aromatic carboxylic acids is 1. The number of nitro groups is 2. The van der Waals surface area contributed by atoms with Crippen molar-refractivity contribution in [2.24, 2.45) is 11.7 Å². The number of rotatable bonds is 16. The molecule has 12 aromatic rings. The summed E-state index contributed by atoms with van der Waals surface area (Å²) < 4.78 is 3.91. The molecule has 6 aromatic heterocycles. The number of carboxylic acids is 1. The molecule has 0 bridgehead atoms. The maximum atomic E-state index is 13.0. The second-order valence-corrected chi connectivity index (χ2v) is 24.0. The molecule has 3 unspecified atom stereocenters. The number of nitro benzene ring substituents is 2. The van der Waals surface area contributed by atoms with E-state index in [4.69, 9.17) is 28.4 Å². The summed E-state index contributed by atoms with van der Waals surface area (Å²) in [5.74, 6) is -0.479. The number of aldehydes is 1. The molecule has 1 fully saturated rings. The van der Waals surface area contributed by atoms with Gasteiger partial charge in [0.2, 0.25) is 0 Å². The number of carbonyl (C=O) groups excluding carboxylic acids is 2. The molecule has 108 heavy (non-hydrogen) atoms. The van der Waals surface area contributed by atoms with Gasteiger partial charge in [0.15, 0.2) is 11.4 Å². The summed E-state index contributed by atoms with van der Waals surface area (Å²) in [6, 6.07) is 58.8. The first-order valence-corrected chi connectivity index (χ1v) is 33.7. The van der Waals surface area contributed by atoms with Crippen molar-refractivity contribution in [3.05, 3.63) is 366 Å². The van der Waals surface area contributed by atoms with Gasteiger partial charge in [0, 0.05) is 95.3 Å². The van der Waals surface area contributed by atoms with Crippen molar-refractivity contribution < 1.29 is 63.5 Å².